The van der Waals surface area contributed by atoms with Gasteiger partial charge in [-0.25, -0.2) is 0 Å². The second-order valence-electron chi connectivity index (χ2n) is 9.39. The SMILES string of the molecule is CN=Nc1ccc(-c2ccc(N=Nc3ccc(N)c(N=Nc4ccc(N=Nc5ccccc5)cc4)c3N)cc2S(=O)(=O)O)cc1. The molecule has 0 saturated heterocycles. The molecule has 5 rings (SSSR count). The zero-order valence-corrected chi connectivity index (χ0v) is 24.6. The van der Waals surface area contributed by atoms with Crippen molar-refractivity contribution in [1.82, 2.24) is 0 Å². The summed E-state index contributed by atoms with van der Waals surface area (Å²) in [5, 5.41) is 32.8. The monoisotopic (exact) mass is 618 g/mol. The molecule has 224 valence electrons. The summed E-state index contributed by atoms with van der Waals surface area (Å²) in [4.78, 5) is -0.337. The summed E-state index contributed by atoms with van der Waals surface area (Å²) in [5.41, 5.74) is 16.7. The van der Waals surface area contributed by atoms with E-state index in [-0.39, 0.29) is 38.9 Å². The van der Waals surface area contributed by atoms with Crippen LogP contribution in [0.1, 0.15) is 0 Å². The number of hydrogen-bond acceptors (Lipinski definition) is 12. The van der Waals surface area contributed by atoms with Crippen molar-refractivity contribution in [3.8, 4) is 11.1 Å². The summed E-state index contributed by atoms with van der Waals surface area (Å²) in [7, 11) is -3.06. The molecule has 0 radical (unpaired) electrons. The Kier molecular flexibility index (Phi) is 9.17. The Morgan fingerprint density at radius 1 is 0.578 bits per heavy atom. The lowest BCUT2D eigenvalue weighted by atomic mass is 10.0. The maximum Gasteiger partial charge on any atom is 0.295 e. The highest BCUT2D eigenvalue weighted by Gasteiger charge is 2.18. The molecular formula is C31H26N10O3S. The number of benzene rings is 5. The van der Waals surface area contributed by atoms with Crippen LogP contribution in [0.2, 0.25) is 0 Å². The van der Waals surface area contributed by atoms with Crippen LogP contribution in [0.25, 0.3) is 11.1 Å². The van der Waals surface area contributed by atoms with Gasteiger partial charge in [-0.05, 0) is 78.4 Å². The van der Waals surface area contributed by atoms with Gasteiger partial charge in [0.05, 0.1) is 39.8 Å². The molecule has 45 heavy (non-hydrogen) atoms. The molecule has 0 amide bonds. The average molecular weight is 619 g/mol. The van der Waals surface area contributed by atoms with Crippen molar-refractivity contribution in [2.45, 2.75) is 4.90 Å². The minimum atomic E-state index is -4.60. The number of anilines is 2. The van der Waals surface area contributed by atoms with E-state index in [2.05, 4.69) is 40.9 Å². The lowest BCUT2D eigenvalue weighted by Crippen LogP contribution is -2.00. The minimum Gasteiger partial charge on any atom is -0.397 e. The van der Waals surface area contributed by atoms with Crippen molar-refractivity contribution in [3.05, 3.63) is 109 Å². The van der Waals surface area contributed by atoms with Crippen LogP contribution in [-0.4, -0.2) is 20.0 Å². The predicted octanol–water partition coefficient (Wildman–Crippen LogP) is 9.72. The van der Waals surface area contributed by atoms with Crippen LogP contribution in [-0.2, 0) is 10.1 Å². The predicted molar refractivity (Wildman–Crippen MR) is 173 cm³/mol. The molecule has 0 spiro atoms. The Hall–Kier alpha value is -5.99. The first-order chi connectivity index (χ1) is 21.7. The van der Waals surface area contributed by atoms with Crippen molar-refractivity contribution < 1.29 is 13.0 Å². The molecule has 0 aliphatic heterocycles. The molecule has 5 N–H and O–H groups in total. The zero-order valence-electron chi connectivity index (χ0n) is 23.8. The lowest BCUT2D eigenvalue weighted by molar-refractivity contribution is 0.483. The van der Waals surface area contributed by atoms with Gasteiger partial charge < -0.3 is 11.5 Å². The third-order valence-corrected chi connectivity index (χ3v) is 7.18. The van der Waals surface area contributed by atoms with Crippen LogP contribution >= 0.6 is 0 Å². The molecule has 13 nitrogen and oxygen atoms in total. The Balaban J connectivity index is 1.36. The van der Waals surface area contributed by atoms with E-state index in [1.807, 2.05) is 30.3 Å². The molecule has 0 heterocycles. The molecule has 0 aliphatic carbocycles. The topological polar surface area (TPSA) is 205 Å². The van der Waals surface area contributed by atoms with Gasteiger partial charge in [-0.3, -0.25) is 4.55 Å². The molecular weight excluding hydrogens is 592 g/mol. The van der Waals surface area contributed by atoms with Gasteiger partial charge in [-0.15, -0.1) is 10.2 Å². The van der Waals surface area contributed by atoms with Gasteiger partial charge >= 0.3 is 0 Å². The Bertz CT molecular complexity index is 2050. The normalized spacial score (nSPS) is 12.2. The summed E-state index contributed by atoms with van der Waals surface area (Å²) in [5.74, 6) is 0. The first-order valence-corrected chi connectivity index (χ1v) is 14.8. The van der Waals surface area contributed by atoms with Crippen LogP contribution < -0.4 is 11.5 Å². The Labute approximate surface area is 258 Å². The zero-order chi connectivity index (χ0) is 31.8. The maximum atomic E-state index is 12.2. The maximum absolute atomic E-state index is 12.2. The summed E-state index contributed by atoms with van der Waals surface area (Å²) < 4.78 is 34.4. The summed E-state index contributed by atoms with van der Waals surface area (Å²) in [6.45, 7) is 0. The summed E-state index contributed by atoms with van der Waals surface area (Å²) in [6.07, 6.45) is 0. The van der Waals surface area contributed by atoms with Crippen LogP contribution in [0.15, 0.2) is 155 Å². The number of azo groups is 4. The molecule has 0 atom stereocenters. The number of nitrogens with zero attached hydrogens (tertiary/aromatic N) is 8. The van der Waals surface area contributed by atoms with Crippen LogP contribution in [0.3, 0.4) is 0 Å². The Morgan fingerprint density at radius 2 is 1.11 bits per heavy atom. The molecule has 0 aliphatic rings. The van der Waals surface area contributed by atoms with Gasteiger partial charge in [0.25, 0.3) is 10.1 Å². The minimum absolute atomic E-state index is 0.117. The molecule has 0 unspecified atom stereocenters. The Morgan fingerprint density at radius 3 is 1.73 bits per heavy atom. The van der Waals surface area contributed by atoms with Gasteiger partial charge in [0.1, 0.15) is 16.3 Å². The first-order valence-electron chi connectivity index (χ1n) is 13.3. The van der Waals surface area contributed by atoms with Crippen LogP contribution in [0.4, 0.5) is 51.2 Å². The second kappa shape index (κ2) is 13.5. The first kappa shape index (κ1) is 30.5. The van der Waals surface area contributed by atoms with E-state index < -0.39 is 10.1 Å². The quantitative estimate of drug-likeness (QED) is 0.0835. The van der Waals surface area contributed by atoms with Gasteiger partial charge in [-0.2, -0.15) is 39.1 Å². The van der Waals surface area contributed by atoms with E-state index in [4.69, 9.17) is 11.5 Å². The van der Waals surface area contributed by atoms with E-state index in [1.165, 1.54) is 12.1 Å². The molecule has 0 bridgehead atoms. The molecule has 0 aromatic heterocycles. The van der Waals surface area contributed by atoms with E-state index in [0.29, 0.717) is 22.6 Å². The van der Waals surface area contributed by atoms with Crippen LogP contribution in [0.5, 0.6) is 0 Å². The molecule has 0 saturated carbocycles. The van der Waals surface area contributed by atoms with Crippen molar-refractivity contribution in [1.29, 1.82) is 0 Å². The number of rotatable bonds is 9. The summed E-state index contributed by atoms with van der Waals surface area (Å²) >= 11 is 0. The van der Waals surface area contributed by atoms with E-state index in [0.717, 1.165) is 5.69 Å². The molecule has 0 fully saturated rings. The number of nitrogens with two attached hydrogens (primary N) is 2. The van der Waals surface area contributed by atoms with Crippen molar-refractivity contribution in [2.24, 2.45) is 40.9 Å². The van der Waals surface area contributed by atoms with Crippen molar-refractivity contribution in [3.63, 3.8) is 0 Å². The van der Waals surface area contributed by atoms with Gasteiger partial charge in [0.2, 0.25) is 0 Å². The van der Waals surface area contributed by atoms with E-state index in [1.54, 1.807) is 73.8 Å². The highest BCUT2D eigenvalue weighted by atomic mass is 32.2. The van der Waals surface area contributed by atoms with Gasteiger partial charge in [-0.1, -0.05) is 36.4 Å². The smallest absolute Gasteiger partial charge is 0.295 e. The highest BCUT2D eigenvalue weighted by molar-refractivity contribution is 7.86. The van der Waals surface area contributed by atoms with Crippen LogP contribution in [0, 0.1) is 0 Å². The van der Waals surface area contributed by atoms with Gasteiger partial charge in [0.15, 0.2) is 0 Å². The fraction of sp³-hybridized carbons (Fsp3) is 0.0323. The summed E-state index contributed by atoms with van der Waals surface area (Å²) in [6, 6.07) is 30.4. The van der Waals surface area contributed by atoms with Crippen molar-refractivity contribution >= 4 is 61.3 Å². The average Bonchev–Trinajstić information content (AvgIpc) is 3.04. The van der Waals surface area contributed by atoms with E-state index >= 15 is 0 Å². The third-order valence-electron chi connectivity index (χ3n) is 6.29. The van der Waals surface area contributed by atoms with E-state index in [9.17, 15) is 13.0 Å². The molecule has 5 aromatic rings. The van der Waals surface area contributed by atoms with Gasteiger partial charge in [0, 0.05) is 12.6 Å². The highest BCUT2D eigenvalue weighted by Crippen LogP contribution is 2.39. The molecule has 14 heteroatoms. The van der Waals surface area contributed by atoms with Crippen molar-refractivity contribution in [2.75, 3.05) is 18.5 Å². The standard InChI is InChI=1S/C31H26N10O3S/c1-34-35-22-9-7-20(8-10-22)26-16-15-25(19-29(26)45(42,43)44)39-40-28-18-17-27(32)31(30(28)33)41-38-24-13-11-23(12-14-24)37-36-21-5-3-2-4-6-21/h2-19H,32-33H2,1H3,(H,42,43,44). The largest absolute Gasteiger partial charge is 0.397 e. The lowest BCUT2D eigenvalue weighted by Gasteiger charge is -2.09. The fourth-order valence-corrected chi connectivity index (χ4v) is 4.81. The third kappa shape index (κ3) is 7.70. The second-order valence-corrected chi connectivity index (χ2v) is 10.8. The number of hydrogen-bond donors (Lipinski definition) is 3. The number of nitrogen functional groups attached to an aromatic ring is 2. The fourth-order valence-electron chi connectivity index (χ4n) is 4.08. The molecule has 5 aromatic carbocycles.